The highest BCUT2D eigenvalue weighted by molar-refractivity contribution is 6.01. The van der Waals surface area contributed by atoms with E-state index >= 15 is 8.78 Å². The van der Waals surface area contributed by atoms with Crippen molar-refractivity contribution >= 4 is 11.6 Å². The van der Waals surface area contributed by atoms with E-state index in [4.69, 9.17) is 15.2 Å². The minimum Gasteiger partial charge on any atom is -0.390 e. The molecule has 1 heterocycles. The van der Waals surface area contributed by atoms with E-state index in [0.717, 1.165) is 30.9 Å². The van der Waals surface area contributed by atoms with Crippen LogP contribution >= 0.6 is 0 Å². The summed E-state index contributed by atoms with van der Waals surface area (Å²) in [6.45, 7) is 2.55. The van der Waals surface area contributed by atoms with Gasteiger partial charge in [-0.15, -0.1) is 0 Å². The van der Waals surface area contributed by atoms with Crippen molar-refractivity contribution in [3.8, 4) is 0 Å². The molecule has 6 fully saturated rings. The van der Waals surface area contributed by atoms with E-state index in [1.54, 1.807) is 13.8 Å². The summed E-state index contributed by atoms with van der Waals surface area (Å²) in [5.41, 5.74) is 1.95. The number of fused-ring (bicyclic) bond motifs is 7. The Morgan fingerprint density at radius 3 is 2.44 bits per heavy atom. The van der Waals surface area contributed by atoms with Gasteiger partial charge in [0.25, 0.3) is 0 Å². The number of nitrogens with two attached hydrogens (primary N) is 1. The maximum absolute atomic E-state index is 17.6. The molecule has 1 aromatic carbocycles. The Kier molecular flexibility index (Phi) is 6.43. The van der Waals surface area contributed by atoms with Gasteiger partial charge in [-0.05, 0) is 98.8 Å². The molecule has 0 amide bonds. The molecule has 9 heteroatoms. The van der Waals surface area contributed by atoms with Crippen LogP contribution in [-0.4, -0.2) is 64.1 Å². The Morgan fingerprint density at radius 1 is 1.07 bits per heavy atom. The minimum atomic E-state index is -2.27. The number of ether oxygens (including phenoxy) is 2. The van der Waals surface area contributed by atoms with Gasteiger partial charge in [0, 0.05) is 28.4 Å². The van der Waals surface area contributed by atoms with E-state index < -0.39 is 76.8 Å². The number of alkyl halides is 2. The van der Waals surface area contributed by atoms with Gasteiger partial charge in [-0.1, -0.05) is 37.3 Å². The summed E-state index contributed by atoms with van der Waals surface area (Å²) in [6, 6.07) is 8.40. The van der Waals surface area contributed by atoms with Gasteiger partial charge < -0.3 is 25.4 Å². The Morgan fingerprint density at radius 2 is 1.78 bits per heavy atom. The smallest absolute Gasteiger partial charge is 0.193 e. The van der Waals surface area contributed by atoms with Crippen LogP contribution in [0.4, 0.5) is 8.78 Å². The highest BCUT2D eigenvalue weighted by atomic mass is 19.1. The van der Waals surface area contributed by atoms with E-state index in [9.17, 15) is 19.8 Å². The van der Waals surface area contributed by atoms with Crippen molar-refractivity contribution < 1.29 is 38.1 Å². The molecule has 1 aromatic rings. The molecule has 1 spiro atoms. The number of allylic oxidation sites excluding steroid dienone is 4. The van der Waals surface area contributed by atoms with Gasteiger partial charge in [0.2, 0.25) is 0 Å². The van der Waals surface area contributed by atoms with Crippen LogP contribution in [0.5, 0.6) is 0 Å². The van der Waals surface area contributed by atoms with Crippen molar-refractivity contribution in [2.75, 3.05) is 6.61 Å². The van der Waals surface area contributed by atoms with E-state index in [0.29, 0.717) is 17.4 Å². The molecule has 1 aliphatic heterocycles. The molecule has 5 saturated carbocycles. The molecule has 0 radical (unpaired) electrons. The Bertz CT molecular complexity index is 1500. The number of rotatable bonds is 5. The molecular weight excluding hydrogens is 580 g/mol. The summed E-state index contributed by atoms with van der Waals surface area (Å²) < 4.78 is 46.4. The molecule has 6 aliphatic carbocycles. The molecule has 8 rings (SSSR count). The summed E-state index contributed by atoms with van der Waals surface area (Å²) in [4.78, 5) is 25.9. The fourth-order valence-corrected chi connectivity index (χ4v) is 11.6. The quantitative estimate of drug-likeness (QED) is 0.445. The topological polar surface area (TPSA) is 119 Å². The van der Waals surface area contributed by atoms with Gasteiger partial charge in [0.1, 0.15) is 12.8 Å². The van der Waals surface area contributed by atoms with Crippen molar-refractivity contribution in [2.45, 2.75) is 107 Å². The molecule has 10 atom stereocenters. The number of benzene rings is 1. The van der Waals surface area contributed by atoms with E-state index in [1.165, 1.54) is 30.6 Å². The molecule has 242 valence electrons. The Hall–Kier alpha value is -2.30. The lowest BCUT2D eigenvalue weighted by Crippen LogP contribution is -2.70. The number of carbonyl (C=O) groups is 2. The van der Waals surface area contributed by atoms with Gasteiger partial charge in [0.15, 0.2) is 29.1 Å². The van der Waals surface area contributed by atoms with Gasteiger partial charge >= 0.3 is 0 Å². The molecule has 45 heavy (non-hydrogen) atoms. The first-order valence-corrected chi connectivity index (χ1v) is 16.6. The predicted octanol–water partition coefficient (Wildman–Crippen LogP) is 4.39. The maximum atomic E-state index is 17.6. The van der Waals surface area contributed by atoms with Crippen molar-refractivity contribution in [1.82, 2.24) is 0 Å². The standard InChI is InChI=1S/C36H43F2NO6/c1-32-8-7-23(41)10-26(32)27(37)11-25-24-12-30-36(29(43)18-40,33(24,2)17-28(42)35(25,32)38)45-31(44-30)21-5-3-19(4-6-21)9-20-13-34(14-20)15-22(39)16-34/h3-8,10,20,22,24-25,27-28,30-31,40,42H,9,11-18,39H2,1-2H3/t20?,22?,24-,25-,27-,28-,30+,31+,32-,33-,34?,35-,36+/m0/s1. The van der Waals surface area contributed by atoms with Crippen LogP contribution in [0.25, 0.3) is 0 Å². The van der Waals surface area contributed by atoms with E-state index in [1.807, 2.05) is 12.1 Å². The Labute approximate surface area is 262 Å². The summed E-state index contributed by atoms with van der Waals surface area (Å²) in [7, 11) is 0. The van der Waals surface area contributed by atoms with Gasteiger partial charge in [-0.25, -0.2) is 8.78 Å². The van der Waals surface area contributed by atoms with Gasteiger partial charge in [-0.3, -0.25) is 9.59 Å². The van der Waals surface area contributed by atoms with Crippen LogP contribution in [0.3, 0.4) is 0 Å². The van der Waals surface area contributed by atoms with Crippen LogP contribution in [0, 0.1) is 34.0 Å². The van der Waals surface area contributed by atoms with Crippen molar-refractivity contribution in [2.24, 2.45) is 39.7 Å². The van der Waals surface area contributed by atoms with Crippen LogP contribution < -0.4 is 5.73 Å². The summed E-state index contributed by atoms with van der Waals surface area (Å²) in [5, 5.41) is 21.9. The predicted molar refractivity (Wildman–Crippen MR) is 160 cm³/mol. The zero-order chi connectivity index (χ0) is 31.7. The number of halogens is 2. The Balaban J connectivity index is 1.06. The second-order valence-electron chi connectivity index (χ2n) is 15.9. The number of ketones is 2. The summed E-state index contributed by atoms with van der Waals surface area (Å²) >= 11 is 0. The molecule has 0 aromatic heterocycles. The third-order valence-electron chi connectivity index (χ3n) is 13.5. The van der Waals surface area contributed by atoms with Gasteiger partial charge in [0.05, 0.1) is 12.2 Å². The number of hydrogen-bond donors (Lipinski definition) is 3. The third-order valence-corrected chi connectivity index (χ3v) is 13.5. The third kappa shape index (κ3) is 3.79. The minimum absolute atomic E-state index is 0.0517. The molecule has 1 saturated heterocycles. The van der Waals surface area contributed by atoms with E-state index in [2.05, 4.69) is 12.1 Å². The number of aliphatic hydroxyl groups excluding tert-OH is 2. The monoisotopic (exact) mass is 623 g/mol. The van der Waals surface area contributed by atoms with Crippen molar-refractivity contribution in [3.05, 3.63) is 59.2 Å². The maximum Gasteiger partial charge on any atom is 0.193 e. The lowest BCUT2D eigenvalue weighted by atomic mass is 9.44. The highest BCUT2D eigenvalue weighted by Crippen LogP contribution is 2.72. The second-order valence-corrected chi connectivity index (χ2v) is 15.9. The fraction of sp³-hybridized carbons (Fsp3) is 0.667. The van der Waals surface area contributed by atoms with Crippen LogP contribution in [0.1, 0.15) is 76.2 Å². The largest absolute Gasteiger partial charge is 0.390 e. The molecule has 4 N–H and O–H groups in total. The van der Waals surface area contributed by atoms with Gasteiger partial charge in [-0.2, -0.15) is 0 Å². The van der Waals surface area contributed by atoms with Crippen LogP contribution in [0.2, 0.25) is 0 Å². The van der Waals surface area contributed by atoms with Crippen molar-refractivity contribution in [3.63, 3.8) is 0 Å². The van der Waals surface area contributed by atoms with Crippen LogP contribution in [-0.2, 0) is 25.5 Å². The molecular formula is C36H43F2NO6. The van der Waals surface area contributed by atoms with E-state index in [-0.39, 0.29) is 24.8 Å². The normalized spacial score (nSPS) is 51.0. The first-order chi connectivity index (χ1) is 21.3. The zero-order valence-electron chi connectivity index (χ0n) is 25.9. The number of carbonyl (C=O) groups excluding carboxylic acids is 2. The van der Waals surface area contributed by atoms with Crippen LogP contribution in [0.15, 0.2) is 48.1 Å². The zero-order valence-corrected chi connectivity index (χ0v) is 25.9. The highest BCUT2D eigenvalue weighted by Gasteiger charge is 2.80. The summed E-state index contributed by atoms with van der Waals surface area (Å²) in [5.74, 6) is -1.87. The first kappa shape index (κ1) is 30.1. The molecule has 7 aliphatic rings. The SMILES string of the molecule is C[C@]12C=CC(=O)C=C1[C@@H](F)C[C@H]1[C@@H]3C[C@H]4O[C@@H](c5ccc(CC6CC7(CC(N)C7)C6)cc5)O[C@@]4(C(=O)CO)[C@@]3(C)C[C@H](O)[C@@]12F. The lowest BCUT2D eigenvalue weighted by molar-refractivity contribution is -0.235. The number of Topliss-reactive ketones (excluding diaryl/α,β-unsaturated/α-hetero) is 1. The first-order valence-electron chi connectivity index (χ1n) is 16.6. The fourth-order valence-electron chi connectivity index (χ4n) is 11.6. The number of hydrogen-bond acceptors (Lipinski definition) is 7. The molecule has 0 bridgehead atoms. The average molecular weight is 624 g/mol. The average Bonchev–Trinajstić information content (AvgIpc) is 3.47. The molecule has 7 nitrogen and oxygen atoms in total. The molecule has 0 unspecified atom stereocenters. The second kappa shape index (κ2) is 9.63. The van der Waals surface area contributed by atoms with Crippen molar-refractivity contribution in [1.29, 1.82) is 0 Å². The lowest BCUT2D eigenvalue weighted by Gasteiger charge is -2.63. The number of aliphatic hydroxyl groups is 2. The summed E-state index contributed by atoms with van der Waals surface area (Å²) in [6.07, 6.45) is 4.55.